The van der Waals surface area contributed by atoms with Gasteiger partial charge in [0.05, 0.1) is 5.60 Å². The van der Waals surface area contributed by atoms with Crippen LogP contribution in [0, 0.1) is 12.7 Å². The first-order valence-corrected chi connectivity index (χ1v) is 6.04. The van der Waals surface area contributed by atoms with Gasteiger partial charge in [-0.05, 0) is 44.9 Å². The lowest BCUT2D eigenvalue weighted by atomic mass is 10.1. The van der Waals surface area contributed by atoms with E-state index >= 15 is 0 Å². The van der Waals surface area contributed by atoms with E-state index in [1.54, 1.807) is 6.92 Å². The van der Waals surface area contributed by atoms with Gasteiger partial charge in [-0.2, -0.15) is 0 Å². The van der Waals surface area contributed by atoms with Crippen LogP contribution < -0.4 is 5.32 Å². The fraction of sp³-hybridized carbons (Fsp3) is 0.571. The summed E-state index contributed by atoms with van der Waals surface area (Å²) in [5.41, 5.74) is 1.62. The highest BCUT2D eigenvalue weighted by Gasteiger charge is 2.16. The molecule has 1 aromatic rings. The molecule has 1 aromatic carbocycles. The monoisotopic (exact) mass is 239 g/mol. The highest BCUT2D eigenvalue weighted by atomic mass is 19.1. The Bertz CT molecular complexity index is 363. The first-order valence-electron chi connectivity index (χ1n) is 6.04. The predicted molar refractivity (Wildman–Crippen MR) is 68.5 cm³/mol. The van der Waals surface area contributed by atoms with Crippen molar-refractivity contribution in [1.82, 2.24) is 5.32 Å². The maximum absolute atomic E-state index is 13.1. The van der Waals surface area contributed by atoms with Crippen LogP contribution >= 0.6 is 0 Å². The normalized spacial score (nSPS) is 11.8. The summed E-state index contributed by atoms with van der Waals surface area (Å²) in [5, 5.41) is 3.33. The van der Waals surface area contributed by atoms with Gasteiger partial charge in [0, 0.05) is 19.7 Å². The van der Waals surface area contributed by atoms with E-state index in [4.69, 9.17) is 4.74 Å². The fourth-order valence-electron chi connectivity index (χ4n) is 1.77. The minimum atomic E-state index is -0.163. The molecular formula is C14H22FNO. The van der Waals surface area contributed by atoms with Crippen molar-refractivity contribution in [3.8, 4) is 0 Å². The van der Waals surface area contributed by atoms with Gasteiger partial charge in [-0.25, -0.2) is 4.39 Å². The lowest BCUT2D eigenvalue weighted by molar-refractivity contribution is -0.00897. The summed E-state index contributed by atoms with van der Waals surface area (Å²) >= 11 is 0. The van der Waals surface area contributed by atoms with Gasteiger partial charge in [0.2, 0.25) is 0 Å². The van der Waals surface area contributed by atoms with Crippen molar-refractivity contribution in [3.05, 3.63) is 35.1 Å². The van der Waals surface area contributed by atoms with Crippen LogP contribution in [-0.4, -0.2) is 18.8 Å². The molecule has 96 valence electrons. The third-order valence-corrected chi connectivity index (χ3v) is 2.64. The number of nitrogens with one attached hydrogen (secondary N) is 1. The molecule has 0 aliphatic rings. The van der Waals surface area contributed by atoms with Crippen molar-refractivity contribution in [1.29, 1.82) is 0 Å². The van der Waals surface area contributed by atoms with Gasteiger partial charge in [0.25, 0.3) is 0 Å². The van der Waals surface area contributed by atoms with Gasteiger partial charge in [0.15, 0.2) is 0 Å². The quantitative estimate of drug-likeness (QED) is 0.824. The zero-order valence-corrected chi connectivity index (χ0v) is 11.1. The Balaban J connectivity index is 2.43. The number of hydrogen-bond donors (Lipinski definition) is 1. The molecule has 0 aromatic heterocycles. The number of ether oxygens (including phenoxy) is 1. The van der Waals surface area contributed by atoms with E-state index in [2.05, 4.69) is 19.2 Å². The van der Waals surface area contributed by atoms with Crippen LogP contribution in [0.15, 0.2) is 18.2 Å². The second kappa shape index (κ2) is 6.12. The number of rotatable bonds is 6. The van der Waals surface area contributed by atoms with E-state index in [1.165, 1.54) is 6.07 Å². The second-order valence-corrected chi connectivity index (χ2v) is 4.88. The molecule has 1 rings (SSSR count). The van der Waals surface area contributed by atoms with Crippen molar-refractivity contribution in [3.63, 3.8) is 0 Å². The van der Waals surface area contributed by atoms with E-state index in [1.807, 2.05) is 19.1 Å². The Morgan fingerprint density at radius 2 is 2.06 bits per heavy atom. The summed E-state index contributed by atoms with van der Waals surface area (Å²) in [7, 11) is 0. The molecule has 3 heteroatoms. The number of benzene rings is 1. The summed E-state index contributed by atoms with van der Waals surface area (Å²) in [4.78, 5) is 0. The molecular weight excluding hydrogens is 217 g/mol. The van der Waals surface area contributed by atoms with Crippen LogP contribution in [0.4, 0.5) is 4.39 Å². The van der Waals surface area contributed by atoms with E-state index in [9.17, 15) is 4.39 Å². The van der Waals surface area contributed by atoms with Crippen LogP contribution in [0.5, 0.6) is 0 Å². The molecule has 0 spiro atoms. The van der Waals surface area contributed by atoms with E-state index in [0.29, 0.717) is 12.2 Å². The topological polar surface area (TPSA) is 21.3 Å². The summed E-state index contributed by atoms with van der Waals surface area (Å²) in [6, 6.07) is 5.19. The summed E-state index contributed by atoms with van der Waals surface area (Å²) in [6.45, 7) is 10.1. The zero-order chi connectivity index (χ0) is 12.9. The van der Waals surface area contributed by atoms with Gasteiger partial charge in [-0.15, -0.1) is 0 Å². The molecule has 0 aliphatic carbocycles. The largest absolute Gasteiger partial charge is 0.375 e. The Morgan fingerprint density at radius 1 is 1.35 bits per heavy atom. The summed E-state index contributed by atoms with van der Waals surface area (Å²) < 4.78 is 18.7. The minimum absolute atomic E-state index is 0.150. The molecule has 1 N–H and O–H groups in total. The van der Waals surface area contributed by atoms with Crippen molar-refractivity contribution in [2.24, 2.45) is 0 Å². The first-order chi connectivity index (χ1) is 7.94. The molecule has 2 nitrogen and oxygen atoms in total. The van der Waals surface area contributed by atoms with Crippen molar-refractivity contribution < 1.29 is 9.13 Å². The van der Waals surface area contributed by atoms with Crippen LogP contribution in [0.1, 0.15) is 31.9 Å². The van der Waals surface area contributed by atoms with E-state index < -0.39 is 0 Å². The van der Waals surface area contributed by atoms with Gasteiger partial charge in [-0.1, -0.05) is 12.1 Å². The fourth-order valence-corrected chi connectivity index (χ4v) is 1.77. The highest BCUT2D eigenvalue weighted by Crippen LogP contribution is 2.10. The molecule has 0 fully saturated rings. The van der Waals surface area contributed by atoms with Crippen LogP contribution in [0.3, 0.4) is 0 Å². The van der Waals surface area contributed by atoms with Gasteiger partial charge in [0.1, 0.15) is 5.82 Å². The van der Waals surface area contributed by atoms with E-state index in [0.717, 1.165) is 18.7 Å². The maximum Gasteiger partial charge on any atom is 0.126 e. The minimum Gasteiger partial charge on any atom is -0.375 e. The van der Waals surface area contributed by atoms with Crippen LogP contribution in [0.2, 0.25) is 0 Å². The molecule has 0 amide bonds. The van der Waals surface area contributed by atoms with Crippen LogP contribution in [-0.2, 0) is 11.3 Å². The Morgan fingerprint density at radius 3 is 2.65 bits per heavy atom. The molecule has 0 atom stereocenters. The lowest BCUT2D eigenvalue weighted by Crippen LogP contribution is -2.37. The highest BCUT2D eigenvalue weighted by molar-refractivity contribution is 5.23. The number of aryl methyl sites for hydroxylation is 1. The van der Waals surface area contributed by atoms with Gasteiger partial charge in [-0.3, -0.25) is 0 Å². The maximum atomic E-state index is 13.1. The predicted octanol–water partition coefficient (Wildman–Crippen LogP) is 3.04. The molecule has 0 radical (unpaired) electrons. The number of hydrogen-bond acceptors (Lipinski definition) is 2. The van der Waals surface area contributed by atoms with E-state index in [-0.39, 0.29) is 11.4 Å². The Labute approximate surface area is 103 Å². The average molecular weight is 239 g/mol. The third-order valence-electron chi connectivity index (χ3n) is 2.64. The van der Waals surface area contributed by atoms with Crippen molar-refractivity contribution >= 4 is 0 Å². The van der Waals surface area contributed by atoms with Crippen molar-refractivity contribution in [2.45, 2.75) is 39.8 Å². The molecule has 0 bridgehead atoms. The molecule has 0 aliphatic heterocycles. The second-order valence-electron chi connectivity index (χ2n) is 4.88. The molecule has 0 saturated carbocycles. The Hall–Kier alpha value is -0.930. The first kappa shape index (κ1) is 14.1. The van der Waals surface area contributed by atoms with Crippen LogP contribution in [0.25, 0.3) is 0 Å². The smallest absolute Gasteiger partial charge is 0.126 e. The zero-order valence-electron chi connectivity index (χ0n) is 11.1. The molecule has 0 heterocycles. The SMILES string of the molecule is CCOC(C)(C)CNCc1ccc(F)c(C)c1. The Kier molecular flexibility index (Phi) is 5.09. The standard InChI is InChI=1S/C14H22FNO/c1-5-17-14(3,4)10-16-9-12-6-7-13(15)11(2)8-12/h6-8,16H,5,9-10H2,1-4H3. The molecule has 0 unspecified atom stereocenters. The van der Waals surface area contributed by atoms with Gasteiger partial charge < -0.3 is 10.1 Å². The van der Waals surface area contributed by atoms with Crippen molar-refractivity contribution in [2.75, 3.05) is 13.2 Å². The van der Waals surface area contributed by atoms with Gasteiger partial charge >= 0.3 is 0 Å². The average Bonchev–Trinajstić information content (AvgIpc) is 2.23. The third kappa shape index (κ3) is 4.84. The number of halogens is 1. The molecule has 17 heavy (non-hydrogen) atoms. The molecule has 0 saturated heterocycles. The lowest BCUT2D eigenvalue weighted by Gasteiger charge is -2.25. The summed E-state index contributed by atoms with van der Waals surface area (Å²) in [5.74, 6) is -0.150. The summed E-state index contributed by atoms with van der Waals surface area (Å²) in [6.07, 6.45) is 0.